The molecule has 3 aromatic carbocycles. The van der Waals surface area contributed by atoms with Crippen LogP contribution in [0, 0.1) is 10.8 Å². The highest BCUT2D eigenvalue weighted by atomic mass is 32.2. The fourth-order valence-corrected chi connectivity index (χ4v) is 4.76. The molecular formula is C27H32N4O4S. The van der Waals surface area contributed by atoms with Gasteiger partial charge in [0.05, 0.1) is 33.1 Å². The van der Waals surface area contributed by atoms with Gasteiger partial charge in [0.15, 0.2) is 0 Å². The van der Waals surface area contributed by atoms with Crippen LogP contribution in [0.1, 0.15) is 23.1 Å². The predicted molar refractivity (Wildman–Crippen MR) is 142 cm³/mol. The Hall–Kier alpha value is -3.69. The lowest BCUT2D eigenvalue weighted by molar-refractivity contribution is 0.387. The van der Waals surface area contributed by atoms with Crippen LogP contribution in [-0.2, 0) is 28.7 Å². The maximum Gasteiger partial charge on any atom is 0.216 e. The third kappa shape index (κ3) is 7.93. The molecule has 0 aromatic heterocycles. The summed E-state index contributed by atoms with van der Waals surface area (Å²) in [5.74, 6) is 1.20. The van der Waals surface area contributed by atoms with Crippen LogP contribution in [0.25, 0.3) is 0 Å². The molecule has 3 rings (SSSR count). The Morgan fingerprint density at radius 3 is 2.11 bits per heavy atom. The number of benzene rings is 3. The van der Waals surface area contributed by atoms with E-state index in [0.29, 0.717) is 29.9 Å². The SMILES string of the molecule is COc1ccc(CN(C(=N)CCc2ccccc2)C(=N)CNS(=O)(=O)Cc2ccccc2)c(OC)c1. The summed E-state index contributed by atoms with van der Waals surface area (Å²) in [6.07, 6.45) is 1.02. The number of methoxy groups -OCH3 is 2. The summed E-state index contributed by atoms with van der Waals surface area (Å²) < 4.78 is 38.5. The Balaban J connectivity index is 1.75. The first-order valence-corrected chi connectivity index (χ1v) is 13.1. The van der Waals surface area contributed by atoms with Crippen LogP contribution in [0.2, 0.25) is 0 Å². The molecule has 0 unspecified atom stereocenters. The summed E-state index contributed by atoms with van der Waals surface area (Å²) >= 11 is 0. The molecule has 8 nitrogen and oxygen atoms in total. The molecule has 9 heteroatoms. The number of nitrogens with one attached hydrogen (secondary N) is 3. The van der Waals surface area contributed by atoms with Gasteiger partial charge in [-0.05, 0) is 29.7 Å². The number of rotatable bonds is 12. The van der Waals surface area contributed by atoms with E-state index in [2.05, 4.69) is 4.72 Å². The topological polar surface area (TPSA) is 116 Å². The van der Waals surface area contributed by atoms with Crippen LogP contribution >= 0.6 is 0 Å². The van der Waals surface area contributed by atoms with Gasteiger partial charge in [-0.2, -0.15) is 0 Å². The Bertz CT molecular complexity index is 1270. The van der Waals surface area contributed by atoms with E-state index in [1.807, 2.05) is 42.5 Å². The number of ether oxygens (including phenoxy) is 2. The third-order valence-electron chi connectivity index (χ3n) is 5.63. The highest BCUT2D eigenvalue weighted by Crippen LogP contribution is 2.26. The first-order chi connectivity index (χ1) is 17.3. The maximum absolute atomic E-state index is 12.6. The zero-order valence-corrected chi connectivity index (χ0v) is 21.3. The van der Waals surface area contributed by atoms with Crippen molar-refractivity contribution >= 4 is 21.7 Å². The van der Waals surface area contributed by atoms with E-state index in [-0.39, 0.29) is 30.5 Å². The first-order valence-electron chi connectivity index (χ1n) is 11.5. The van der Waals surface area contributed by atoms with Crippen LogP contribution in [0.15, 0.2) is 78.9 Å². The summed E-state index contributed by atoms with van der Waals surface area (Å²) in [7, 11) is -0.553. The molecule has 190 valence electrons. The van der Waals surface area contributed by atoms with Crippen molar-refractivity contribution in [3.63, 3.8) is 0 Å². The lowest BCUT2D eigenvalue weighted by atomic mass is 10.1. The Morgan fingerprint density at radius 2 is 1.50 bits per heavy atom. The molecule has 0 spiro atoms. The van der Waals surface area contributed by atoms with E-state index in [0.717, 1.165) is 11.1 Å². The molecule has 0 atom stereocenters. The van der Waals surface area contributed by atoms with Gasteiger partial charge in [0.25, 0.3) is 0 Å². The summed E-state index contributed by atoms with van der Waals surface area (Å²) in [6.45, 7) is -0.0542. The van der Waals surface area contributed by atoms with Crippen LogP contribution in [0.3, 0.4) is 0 Å². The van der Waals surface area contributed by atoms with E-state index in [4.69, 9.17) is 20.3 Å². The number of hydrogen-bond acceptors (Lipinski definition) is 6. The van der Waals surface area contributed by atoms with Gasteiger partial charge in [-0.25, -0.2) is 13.1 Å². The molecule has 0 amide bonds. The van der Waals surface area contributed by atoms with Gasteiger partial charge in [0.2, 0.25) is 10.0 Å². The molecule has 3 aromatic rings. The molecule has 0 saturated heterocycles. The van der Waals surface area contributed by atoms with Crippen LogP contribution in [0.5, 0.6) is 11.5 Å². The molecule has 0 aliphatic heterocycles. The van der Waals surface area contributed by atoms with Crippen molar-refractivity contribution in [2.24, 2.45) is 0 Å². The van der Waals surface area contributed by atoms with E-state index < -0.39 is 10.0 Å². The molecule has 0 fully saturated rings. The van der Waals surface area contributed by atoms with Gasteiger partial charge >= 0.3 is 0 Å². The van der Waals surface area contributed by atoms with Gasteiger partial charge in [-0.3, -0.25) is 10.8 Å². The highest BCUT2D eigenvalue weighted by Gasteiger charge is 2.20. The van der Waals surface area contributed by atoms with Crippen molar-refractivity contribution in [2.45, 2.75) is 25.1 Å². The quantitative estimate of drug-likeness (QED) is 0.250. The summed E-state index contributed by atoms with van der Waals surface area (Å²) in [4.78, 5) is 1.51. The third-order valence-corrected chi connectivity index (χ3v) is 6.92. The van der Waals surface area contributed by atoms with Crippen LogP contribution < -0.4 is 14.2 Å². The van der Waals surface area contributed by atoms with Crippen LogP contribution in [0.4, 0.5) is 0 Å². The van der Waals surface area contributed by atoms with Gasteiger partial charge in [0, 0.05) is 18.1 Å². The molecule has 0 saturated carbocycles. The fourth-order valence-electron chi connectivity index (χ4n) is 3.67. The zero-order chi connectivity index (χ0) is 26.0. The largest absolute Gasteiger partial charge is 0.497 e. The van der Waals surface area contributed by atoms with Gasteiger partial charge in [-0.1, -0.05) is 60.7 Å². The number of hydrogen-bond donors (Lipinski definition) is 3. The predicted octanol–water partition coefficient (Wildman–Crippen LogP) is 4.21. The van der Waals surface area contributed by atoms with E-state index in [1.165, 1.54) is 4.90 Å². The molecule has 3 N–H and O–H groups in total. The normalized spacial score (nSPS) is 11.1. The Kier molecular flexibility index (Phi) is 9.61. The van der Waals surface area contributed by atoms with Crippen molar-refractivity contribution < 1.29 is 17.9 Å². The van der Waals surface area contributed by atoms with Crippen molar-refractivity contribution in [1.82, 2.24) is 9.62 Å². The molecule has 36 heavy (non-hydrogen) atoms. The van der Waals surface area contributed by atoms with Crippen LogP contribution in [-0.4, -0.2) is 45.8 Å². The smallest absolute Gasteiger partial charge is 0.216 e. The van der Waals surface area contributed by atoms with E-state index in [1.54, 1.807) is 50.6 Å². The van der Waals surface area contributed by atoms with Crippen molar-refractivity contribution in [3.8, 4) is 11.5 Å². The minimum Gasteiger partial charge on any atom is -0.497 e. The molecule has 0 heterocycles. The second kappa shape index (κ2) is 12.9. The maximum atomic E-state index is 12.6. The summed E-state index contributed by atoms with van der Waals surface area (Å²) in [6, 6.07) is 24.0. The Morgan fingerprint density at radius 1 is 0.861 bits per heavy atom. The van der Waals surface area contributed by atoms with Crippen molar-refractivity contribution in [3.05, 3.63) is 95.6 Å². The minimum atomic E-state index is -3.67. The number of nitrogens with zero attached hydrogens (tertiary/aromatic N) is 1. The fraction of sp³-hybridized carbons (Fsp3) is 0.259. The molecule has 0 aliphatic rings. The summed E-state index contributed by atoms with van der Waals surface area (Å²) in [5.41, 5.74) is 2.49. The van der Waals surface area contributed by atoms with E-state index >= 15 is 0 Å². The summed E-state index contributed by atoms with van der Waals surface area (Å²) in [5, 5.41) is 17.4. The lowest BCUT2D eigenvalue weighted by Gasteiger charge is -2.27. The highest BCUT2D eigenvalue weighted by molar-refractivity contribution is 7.88. The van der Waals surface area contributed by atoms with Gasteiger partial charge in [0.1, 0.15) is 23.2 Å². The number of sulfonamides is 1. The number of aryl methyl sites for hydroxylation is 1. The molecule has 0 bridgehead atoms. The molecule has 0 radical (unpaired) electrons. The second-order valence-corrected chi connectivity index (χ2v) is 10.0. The molecule has 0 aliphatic carbocycles. The molecular weight excluding hydrogens is 476 g/mol. The Labute approximate surface area is 212 Å². The zero-order valence-electron chi connectivity index (χ0n) is 20.5. The number of amidine groups is 2. The second-order valence-electron chi connectivity index (χ2n) is 8.21. The van der Waals surface area contributed by atoms with Gasteiger partial charge in [-0.15, -0.1) is 0 Å². The average Bonchev–Trinajstić information content (AvgIpc) is 2.90. The monoisotopic (exact) mass is 508 g/mol. The van der Waals surface area contributed by atoms with Gasteiger partial charge < -0.3 is 14.4 Å². The average molecular weight is 509 g/mol. The lowest BCUT2D eigenvalue weighted by Crippen LogP contribution is -2.42. The minimum absolute atomic E-state index is 0.0254. The van der Waals surface area contributed by atoms with E-state index in [9.17, 15) is 8.42 Å². The van der Waals surface area contributed by atoms with Crippen molar-refractivity contribution in [2.75, 3.05) is 20.8 Å². The first kappa shape index (κ1) is 26.9. The standard InChI is InChI=1S/C27H32N4O4S/c1-34-24-15-14-23(25(17-24)35-2)19-31(26(28)16-13-21-9-5-3-6-10-21)27(29)18-30-36(32,33)20-22-11-7-4-8-12-22/h3-12,14-15,17,28-30H,13,16,18-20H2,1-2H3. The van der Waals surface area contributed by atoms with Crippen molar-refractivity contribution in [1.29, 1.82) is 10.8 Å².